The van der Waals surface area contributed by atoms with Crippen LogP contribution in [-0.4, -0.2) is 23.0 Å². The largest absolute Gasteiger partial charge is 0.480 e. The lowest BCUT2D eigenvalue weighted by atomic mass is 10.2. The third kappa shape index (κ3) is 4.73. The Bertz CT molecular complexity index is 203. The number of amides is 1. The Balaban J connectivity index is 4.04. The van der Waals surface area contributed by atoms with Gasteiger partial charge in [-0.1, -0.05) is 17.7 Å². The highest BCUT2D eigenvalue weighted by atomic mass is 35.5. The minimum atomic E-state index is -1.07. The molecule has 0 aliphatic heterocycles. The van der Waals surface area contributed by atoms with Crippen molar-refractivity contribution in [2.24, 2.45) is 0 Å². The Morgan fingerprint density at radius 2 is 2.25 bits per heavy atom. The molecule has 2 N–H and O–H groups in total. The van der Waals surface area contributed by atoms with Gasteiger partial charge in [-0.2, -0.15) is 0 Å². The van der Waals surface area contributed by atoms with E-state index in [-0.39, 0.29) is 12.3 Å². The van der Waals surface area contributed by atoms with Crippen LogP contribution in [0.1, 0.15) is 13.3 Å². The third-order valence-corrected chi connectivity index (χ3v) is 1.31. The van der Waals surface area contributed by atoms with Crippen LogP contribution in [-0.2, 0) is 9.59 Å². The number of carboxylic acid groups (broad SMARTS) is 1. The summed E-state index contributed by atoms with van der Waals surface area (Å²) in [5.74, 6) is -1.44. The monoisotopic (exact) mass is 191 g/mol. The molecule has 5 heteroatoms. The van der Waals surface area contributed by atoms with Gasteiger partial charge >= 0.3 is 5.97 Å². The predicted molar refractivity (Wildman–Crippen MR) is 44.9 cm³/mol. The molecule has 0 radical (unpaired) electrons. The van der Waals surface area contributed by atoms with Crippen LogP contribution in [0.4, 0.5) is 0 Å². The molecule has 0 fully saturated rings. The molecule has 0 aliphatic carbocycles. The summed E-state index contributed by atoms with van der Waals surface area (Å²) < 4.78 is 0. The molecule has 0 aromatic rings. The van der Waals surface area contributed by atoms with Crippen LogP contribution >= 0.6 is 11.6 Å². The Hall–Kier alpha value is -1.03. The molecule has 1 unspecified atom stereocenters. The second-order valence-electron chi connectivity index (χ2n) is 2.19. The summed E-state index contributed by atoms with van der Waals surface area (Å²) in [4.78, 5) is 20.9. The van der Waals surface area contributed by atoms with Gasteiger partial charge in [0.1, 0.15) is 6.04 Å². The van der Waals surface area contributed by atoms with Crippen molar-refractivity contribution in [1.82, 2.24) is 5.32 Å². The second-order valence-corrected chi connectivity index (χ2v) is 2.44. The van der Waals surface area contributed by atoms with Gasteiger partial charge in [-0.15, -0.1) is 0 Å². The van der Waals surface area contributed by atoms with Crippen LogP contribution in [0.3, 0.4) is 0 Å². The third-order valence-electron chi connectivity index (χ3n) is 1.14. The van der Waals surface area contributed by atoms with Gasteiger partial charge in [-0.25, -0.2) is 4.79 Å². The van der Waals surface area contributed by atoms with E-state index in [2.05, 4.69) is 5.32 Å². The standard InChI is InChI=1S/C7H10ClNO3/c1-5(10)9-6(7(11)12)3-2-4-8/h2,4,6H,3H2,1H3,(H,9,10)(H,11,12)/b4-2+. The number of hydrogen-bond acceptors (Lipinski definition) is 2. The fourth-order valence-corrected chi connectivity index (χ4v) is 0.757. The van der Waals surface area contributed by atoms with E-state index in [0.717, 1.165) is 0 Å². The second kappa shape index (κ2) is 5.60. The first-order chi connectivity index (χ1) is 5.57. The first kappa shape index (κ1) is 11.0. The first-order valence-corrected chi connectivity index (χ1v) is 3.76. The summed E-state index contributed by atoms with van der Waals surface area (Å²) in [6.07, 6.45) is 1.66. The van der Waals surface area contributed by atoms with Crippen molar-refractivity contribution < 1.29 is 14.7 Å². The van der Waals surface area contributed by atoms with Gasteiger partial charge in [0.25, 0.3) is 0 Å². The smallest absolute Gasteiger partial charge is 0.326 e. The van der Waals surface area contributed by atoms with Crippen LogP contribution in [0.25, 0.3) is 0 Å². The summed E-state index contributed by atoms with van der Waals surface area (Å²) in [6, 6.07) is -0.891. The number of carboxylic acids is 1. The zero-order valence-electron chi connectivity index (χ0n) is 6.58. The molecule has 12 heavy (non-hydrogen) atoms. The molecule has 0 saturated carbocycles. The molecule has 0 spiro atoms. The normalized spacial score (nSPS) is 12.8. The van der Waals surface area contributed by atoms with Crippen molar-refractivity contribution in [2.45, 2.75) is 19.4 Å². The topological polar surface area (TPSA) is 66.4 Å². The summed E-state index contributed by atoms with van der Waals surface area (Å²) in [7, 11) is 0. The Labute approximate surface area is 75.2 Å². The number of aliphatic carboxylic acids is 1. The van der Waals surface area contributed by atoms with E-state index in [1.54, 1.807) is 0 Å². The lowest BCUT2D eigenvalue weighted by Crippen LogP contribution is -2.39. The number of hydrogen-bond donors (Lipinski definition) is 2. The van der Waals surface area contributed by atoms with Crippen LogP contribution in [0, 0.1) is 0 Å². The van der Waals surface area contributed by atoms with Gasteiger partial charge in [-0.3, -0.25) is 4.79 Å². The Kier molecular flexibility index (Phi) is 5.12. The van der Waals surface area contributed by atoms with Gasteiger partial charge < -0.3 is 10.4 Å². The van der Waals surface area contributed by atoms with Crippen LogP contribution < -0.4 is 5.32 Å². The molecule has 0 heterocycles. The predicted octanol–water partition coefficient (Wildman–Crippen LogP) is 0.718. The van der Waals surface area contributed by atoms with E-state index in [0.29, 0.717) is 0 Å². The van der Waals surface area contributed by atoms with E-state index < -0.39 is 12.0 Å². The Morgan fingerprint density at radius 1 is 1.67 bits per heavy atom. The van der Waals surface area contributed by atoms with Gasteiger partial charge in [0.15, 0.2) is 0 Å². The highest BCUT2D eigenvalue weighted by Crippen LogP contribution is 1.95. The van der Waals surface area contributed by atoms with Crippen molar-refractivity contribution >= 4 is 23.5 Å². The zero-order chi connectivity index (χ0) is 9.56. The molecule has 0 aromatic carbocycles. The van der Waals surface area contributed by atoms with Crippen LogP contribution in [0.2, 0.25) is 0 Å². The van der Waals surface area contributed by atoms with Crippen molar-refractivity contribution in [3.8, 4) is 0 Å². The molecule has 0 aromatic heterocycles. The van der Waals surface area contributed by atoms with E-state index >= 15 is 0 Å². The molecule has 1 amide bonds. The average molecular weight is 192 g/mol. The molecule has 0 bridgehead atoms. The molecule has 0 saturated heterocycles. The SMILES string of the molecule is CC(=O)NC(C/C=C/Cl)C(=O)O. The first-order valence-electron chi connectivity index (χ1n) is 3.33. The average Bonchev–Trinajstić information content (AvgIpc) is 1.96. The fraction of sp³-hybridized carbons (Fsp3) is 0.429. The number of carbonyl (C=O) groups is 2. The highest BCUT2D eigenvalue weighted by Gasteiger charge is 2.15. The summed E-state index contributed by atoms with van der Waals surface area (Å²) in [5, 5.41) is 10.8. The number of nitrogens with one attached hydrogen (secondary N) is 1. The van der Waals surface area contributed by atoms with Gasteiger partial charge in [0, 0.05) is 12.5 Å². The highest BCUT2D eigenvalue weighted by molar-refractivity contribution is 6.25. The maximum atomic E-state index is 10.5. The lowest BCUT2D eigenvalue weighted by Gasteiger charge is -2.09. The van der Waals surface area contributed by atoms with Crippen molar-refractivity contribution in [3.05, 3.63) is 11.6 Å². The zero-order valence-corrected chi connectivity index (χ0v) is 7.34. The molecular formula is C7H10ClNO3. The maximum absolute atomic E-state index is 10.5. The maximum Gasteiger partial charge on any atom is 0.326 e. The van der Waals surface area contributed by atoms with Crippen LogP contribution in [0.5, 0.6) is 0 Å². The van der Waals surface area contributed by atoms with Gasteiger partial charge in [0.05, 0.1) is 0 Å². The number of halogens is 1. The van der Waals surface area contributed by atoms with E-state index in [1.807, 2.05) is 0 Å². The molecule has 4 nitrogen and oxygen atoms in total. The fourth-order valence-electron chi connectivity index (χ4n) is 0.654. The minimum absolute atomic E-state index is 0.193. The lowest BCUT2D eigenvalue weighted by molar-refractivity contribution is -0.141. The van der Waals surface area contributed by atoms with Crippen molar-refractivity contribution in [1.29, 1.82) is 0 Å². The molecular weight excluding hydrogens is 182 g/mol. The molecule has 0 aliphatic rings. The molecule has 68 valence electrons. The van der Waals surface area contributed by atoms with Gasteiger partial charge in [-0.05, 0) is 6.42 Å². The summed E-state index contributed by atoms with van der Waals surface area (Å²) in [5.41, 5.74) is 1.22. The van der Waals surface area contributed by atoms with E-state index in [9.17, 15) is 9.59 Å². The molecule has 1 atom stereocenters. The minimum Gasteiger partial charge on any atom is -0.480 e. The quantitative estimate of drug-likeness (QED) is 0.688. The van der Waals surface area contributed by atoms with Gasteiger partial charge in [0.2, 0.25) is 5.91 Å². The van der Waals surface area contributed by atoms with E-state index in [1.165, 1.54) is 18.5 Å². The number of rotatable bonds is 4. The summed E-state index contributed by atoms with van der Waals surface area (Å²) in [6.45, 7) is 1.26. The van der Waals surface area contributed by atoms with E-state index in [4.69, 9.17) is 16.7 Å². The molecule has 0 rings (SSSR count). The summed E-state index contributed by atoms with van der Waals surface area (Å²) >= 11 is 5.20. The van der Waals surface area contributed by atoms with Crippen molar-refractivity contribution in [3.63, 3.8) is 0 Å². The Morgan fingerprint density at radius 3 is 2.58 bits per heavy atom. The number of carbonyl (C=O) groups excluding carboxylic acids is 1. The van der Waals surface area contributed by atoms with Crippen molar-refractivity contribution in [2.75, 3.05) is 0 Å². The van der Waals surface area contributed by atoms with Crippen LogP contribution in [0.15, 0.2) is 11.6 Å².